The lowest BCUT2D eigenvalue weighted by molar-refractivity contribution is 0.0218. The van der Waals surface area contributed by atoms with Crippen molar-refractivity contribution in [2.45, 2.75) is 18.2 Å². The highest BCUT2D eigenvalue weighted by Gasteiger charge is 2.07. The molecule has 0 bridgehead atoms. The van der Waals surface area contributed by atoms with Crippen LogP contribution in [0.1, 0.15) is 5.82 Å². The van der Waals surface area contributed by atoms with Crippen LogP contribution in [0, 0.1) is 6.92 Å². The first-order valence-electron chi connectivity index (χ1n) is 4.99. The van der Waals surface area contributed by atoms with E-state index in [9.17, 15) is 5.11 Å². The first-order valence-corrected chi connectivity index (χ1v) is 5.97. The normalized spacial score (nSPS) is 12.9. The molecule has 1 unspecified atom stereocenters. The van der Waals surface area contributed by atoms with Gasteiger partial charge in [-0.05, 0) is 6.92 Å². The van der Waals surface area contributed by atoms with E-state index in [1.165, 1.54) is 11.8 Å². The predicted octanol–water partition coefficient (Wildman–Crippen LogP) is 0.229. The van der Waals surface area contributed by atoms with E-state index in [2.05, 4.69) is 15.2 Å². The van der Waals surface area contributed by atoms with Crippen LogP contribution in [0.3, 0.4) is 0 Å². The van der Waals surface area contributed by atoms with Gasteiger partial charge in [-0.1, -0.05) is 11.8 Å². The average molecular weight is 247 g/mol. The Kier molecular flexibility index (Phi) is 6.39. The fourth-order valence-electron chi connectivity index (χ4n) is 0.967. The summed E-state index contributed by atoms with van der Waals surface area (Å²) in [6.45, 7) is 3.18. The van der Waals surface area contributed by atoms with E-state index in [4.69, 9.17) is 9.47 Å². The van der Waals surface area contributed by atoms with Crippen LogP contribution in [0.15, 0.2) is 5.16 Å². The van der Waals surface area contributed by atoms with Crippen LogP contribution in [0.2, 0.25) is 0 Å². The summed E-state index contributed by atoms with van der Waals surface area (Å²) < 4.78 is 10.0. The van der Waals surface area contributed by atoms with Gasteiger partial charge in [0.05, 0.1) is 25.9 Å². The number of aliphatic hydroxyl groups is 1. The van der Waals surface area contributed by atoms with Gasteiger partial charge >= 0.3 is 0 Å². The molecule has 0 saturated heterocycles. The predicted molar refractivity (Wildman–Crippen MR) is 60.5 cm³/mol. The third kappa shape index (κ3) is 5.45. The van der Waals surface area contributed by atoms with E-state index >= 15 is 0 Å². The molecule has 1 rings (SSSR count). The van der Waals surface area contributed by atoms with Gasteiger partial charge in [-0.15, -0.1) is 5.10 Å². The summed E-state index contributed by atoms with van der Waals surface area (Å²) in [4.78, 5) is 4.12. The molecule has 0 aliphatic carbocycles. The SMILES string of the molecule is COCCOCC(O)CSc1n[nH]c(C)n1. The van der Waals surface area contributed by atoms with Gasteiger partial charge in [0, 0.05) is 12.9 Å². The number of aromatic nitrogens is 3. The zero-order valence-corrected chi connectivity index (χ0v) is 10.3. The second-order valence-electron chi connectivity index (χ2n) is 3.24. The summed E-state index contributed by atoms with van der Waals surface area (Å²) in [5, 5.41) is 16.9. The van der Waals surface area contributed by atoms with Gasteiger partial charge in [-0.25, -0.2) is 4.98 Å². The minimum absolute atomic E-state index is 0.305. The topological polar surface area (TPSA) is 80.3 Å². The molecule has 0 aliphatic rings. The van der Waals surface area contributed by atoms with Crippen molar-refractivity contribution in [2.24, 2.45) is 0 Å². The Bertz CT molecular complexity index is 295. The molecule has 0 radical (unpaired) electrons. The van der Waals surface area contributed by atoms with Crippen LogP contribution in [0.4, 0.5) is 0 Å². The maximum absolute atomic E-state index is 9.56. The van der Waals surface area contributed by atoms with E-state index in [0.29, 0.717) is 30.7 Å². The third-order valence-electron chi connectivity index (χ3n) is 1.72. The molecule has 2 N–H and O–H groups in total. The Balaban J connectivity index is 2.08. The second kappa shape index (κ2) is 7.61. The minimum Gasteiger partial charge on any atom is -0.390 e. The number of nitrogens with one attached hydrogen (secondary N) is 1. The van der Waals surface area contributed by atoms with Crippen LogP contribution >= 0.6 is 11.8 Å². The van der Waals surface area contributed by atoms with E-state index in [1.54, 1.807) is 7.11 Å². The van der Waals surface area contributed by atoms with Gasteiger partial charge in [-0.3, -0.25) is 5.10 Å². The third-order valence-corrected chi connectivity index (χ3v) is 2.72. The molecule has 0 fully saturated rings. The number of aryl methyl sites for hydroxylation is 1. The number of nitrogens with zero attached hydrogens (tertiary/aromatic N) is 2. The molecule has 16 heavy (non-hydrogen) atoms. The number of rotatable bonds is 8. The quantitative estimate of drug-likeness (QED) is 0.505. The summed E-state index contributed by atoms with van der Waals surface area (Å²) in [6.07, 6.45) is -0.513. The highest BCUT2D eigenvalue weighted by molar-refractivity contribution is 7.99. The number of ether oxygens (including phenoxy) is 2. The van der Waals surface area contributed by atoms with Crippen molar-refractivity contribution >= 4 is 11.8 Å². The lowest BCUT2D eigenvalue weighted by Gasteiger charge is -2.09. The standard InChI is InChI=1S/C9H17N3O3S/c1-7-10-9(12-11-7)16-6-8(13)5-15-4-3-14-2/h8,13H,3-6H2,1-2H3,(H,10,11,12). The van der Waals surface area contributed by atoms with Crippen molar-refractivity contribution in [3.63, 3.8) is 0 Å². The minimum atomic E-state index is -0.513. The number of thioether (sulfide) groups is 1. The largest absolute Gasteiger partial charge is 0.390 e. The summed E-state index contributed by atoms with van der Waals surface area (Å²) >= 11 is 1.40. The van der Waals surface area contributed by atoms with Gasteiger partial charge < -0.3 is 14.6 Å². The molecule has 1 aromatic rings. The highest BCUT2D eigenvalue weighted by Crippen LogP contribution is 2.13. The number of H-pyrrole nitrogens is 1. The first kappa shape index (κ1) is 13.4. The summed E-state index contributed by atoms with van der Waals surface area (Å²) in [5.74, 6) is 1.29. The maximum atomic E-state index is 9.56. The Labute approximate surface area is 98.7 Å². The van der Waals surface area contributed by atoms with Gasteiger partial charge in [0.15, 0.2) is 0 Å². The average Bonchev–Trinajstić information content (AvgIpc) is 2.68. The molecular formula is C9H17N3O3S. The smallest absolute Gasteiger partial charge is 0.208 e. The molecular weight excluding hydrogens is 230 g/mol. The Morgan fingerprint density at radius 1 is 1.50 bits per heavy atom. The van der Waals surface area contributed by atoms with Crippen LogP contribution < -0.4 is 0 Å². The maximum Gasteiger partial charge on any atom is 0.208 e. The first-order chi connectivity index (χ1) is 7.72. The summed E-state index contributed by atoms with van der Waals surface area (Å²) in [6, 6.07) is 0. The molecule has 1 heterocycles. The van der Waals surface area contributed by atoms with Crippen molar-refractivity contribution in [1.82, 2.24) is 15.2 Å². The highest BCUT2D eigenvalue weighted by atomic mass is 32.2. The number of methoxy groups -OCH3 is 1. The van der Waals surface area contributed by atoms with E-state index in [0.717, 1.165) is 5.82 Å². The van der Waals surface area contributed by atoms with Crippen molar-refractivity contribution in [3.05, 3.63) is 5.82 Å². The van der Waals surface area contributed by atoms with Crippen LogP contribution in [0.25, 0.3) is 0 Å². The van der Waals surface area contributed by atoms with Gasteiger partial charge in [0.1, 0.15) is 5.82 Å². The molecule has 6 nitrogen and oxygen atoms in total. The molecule has 0 saturated carbocycles. The van der Waals surface area contributed by atoms with Gasteiger partial charge in [-0.2, -0.15) is 0 Å². The fraction of sp³-hybridized carbons (Fsp3) is 0.778. The van der Waals surface area contributed by atoms with E-state index < -0.39 is 6.10 Å². The van der Waals surface area contributed by atoms with Crippen molar-refractivity contribution in [3.8, 4) is 0 Å². The molecule has 0 aliphatic heterocycles. The van der Waals surface area contributed by atoms with Crippen LogP contribution in [-0.2, 0) is 9.47 Å². The zero-order chi connectivity index (χ0) is 11.8. The van der Waals surface area contributed by atoms with Crippen molar-refractivity contribution < 1.29 is 14.6 Å². The number of aromatic amines is 1. The zero-order valence-electron chi connectivity index (χ0n) is 9.47. The summed E-state index contributed by atoms with van der Waals surface area (Å²) in [5.41, 5.74) is 0. The Hall–Kier alpha value is -0.630. The summed E-state index contributed by atoms with van der Waals surface area (Å²) in [7, 11) is 1.61. The van der Waals surface area contributed by atoms with E-state index in [-0.39, 0.29) is 0 Å². The van der Waals surface area contributed by atoms with Crippen molar-refractivity contribution in [1.29, 1.82) is 0 Å². The molecule has 0 aromatic carbocycles. The van der Waals surface area contributed by atoms with Crippen LogP contribution in [0.5, 0.6) is 0 Å². The molecule has 0 amide bonds. The van der Waals surface area contributed by atoms with Crippen molar-refractivity contribution in [2.75, 3.05) is 32.7 Å². The van der Waals surface area contributed by atoms with E-state index in [1.807, 2.05) is 6.92 Å². The number of aliphatic hydroxyl groups excluding tert-OH is 1. The molecule has 1 atom stereocenters. The molecule has 7 heteroatoms. The fourth-order valence-corrected chi connectivity index (χ4v) is 1.72. The molecule has 0 spiro atoms. The van der Waals surface area contributed by atoms with Gasteiger partial charge in [0.2, 0.25) is 5.16 Å². The second-order valence-corrected chi connectivity index (χ2v) is 4.22. The van der Waals surface area contributed by atoms with Gasteiger partial charge in [0.25, 0.3) is 0 Å². The van der Waals surface area contributed by atoms with Crippen LogP contribution in [-0.4, -0.2) is 59.1 Å². The lowest BCUT2D eigenvalue weighted by atomic mass is 10.4. The Morgan fingerprint density at radius 3 is 2.94 bits per heavy atom. The number of hydrogen-bond donors (Lipinski definition) is 2. The lowest BCUT2D eigenvalue weighted by Crippen LogP contribution is -2.19. The monoisotopic (exact) mass is 247 g/mol. The Morgan fingerprint density at radius 2 is 2.31 bits per heavy atom. The molecule has 1 aromatic heterocycles. The molecule has 92 valence electrons. The number of hydrogen-bond acceptors (Lipinski definition) is 6.